The van der Waals surface area contributed by atoms with Crippen LogP contribution < -0.4 is 16.0 Å². The van der Waals surface area contributed by atoms with E-state index >= 15 is 0 Å². The molecular weight excluding hydrogens is 405 g/mol. The van der Waals surface area contributed by atoms with Crippen molar-refractivity contribution in [3.05, 3.63) is 64.1 Å². The van der Waals surface area contributed by atoms with Crippen molar-refractivity contribution in [1.29, 1.82) is 0 Å². The number of anilines is 1. The number of carbonyl (C=O) groups excluding carboxylic acids is 1. The van der Waals surface area contributed by atoms with Crippen molar-refractivity contribution in [2.24, 2.45) is 11.8 Å². The maximum absolute atomic E-state index is 12.1. The van der Waals surface area contributed by atoms with Crippen LogP contribution in [-0.2, 0) is 6.42 Å². The molecule has 0 heterocycles. The highest BCUT2D eigenvalue weighted by molar-refractivity contribution is 6.42. The number of carbonyl (C=O) groups is 1. The van der Waals surface area contributed by atoms with Crippen molar-refractivity contribution >= 4 is 34.9 Å². The molecular formula is C23H29Cl2N3O. The predicted molar refractivity (Wildman–Crippen MR) is 122 cm³/mol. The SMILES string of the molecule is O=C(NCC1CCC(CNCCc2ccccc2)CC1)Nc1ccc(Cl)c(Cl)c1. The molecule has 6 heteroatoms. The van der Waals surface area contributed by atoms with Crippen molar-refractivity contribution in [2.75, 3.05) is 25.0 Å². The van der Waals surface area contributed by atoms with E-state index in [4.69, 9.17) is 23.2 Å². The second-order valence-electron chi connectivity index (χ2n) is 7.79. The van der Waals surface area contributed by atoms with Gasteiger partial charge in [-0.15, -0.1) is 0 Å². The Labute approximate surface area is 183 Å². The average molecular weight is 434 g/mol. The minimum atomic E-state index is -0.201. The van der Waals surface area contributed by atoms with Gasteiger partial charge in [0, 0.05) is 12.2 Å². The van der Waals surface area contributed by atoms with E-state index in [1.165, 1.54) is 18.4 Å². The average Bonchev–Trinajstić information content (AvgIpc) is 2.74. The Morgan fingerprint density at radius 2 is 1.59 bits per heavy atom. The summed E-state index contributed by atoms with van der Waals surface area (Å²) in [5.74, 6) is 1.29. The molecule has 156 valence electrons. The van der Waals surface area contributed by atoms with Gasteiger partial charge in [-0.3, -0.25) is 0 Å². The number of amides is 2. The Bertz CT molecular complexity index is 777. The van der Waals surface area contributed by atoms with Crippen LogP contribution in [0, 0.1) is 11.8 Å². The molecule has 0 bridgehead atoms. The van der Waals surface area contributed by atoms with Gasteiger partial charge in [0.25, 0.3) is 0 Å². The Balaban J connectivity index is 1.27. The lowest BCUT2D eigenvalue weighted by Crippen LogP contribution is -2.35. The minimum Gasteiger partial charge on any atom is -0.338 e. The number of rotatable bonds is 8. The van der Waals surface area contributed by atoms with Gasteiger partial charge in [-0.05, 0) is 80.8 Å². The number of hydrogen-bond donors (Lipinski definition) is 3. The minimum absolute atomic E-state index is 0.201. The van der Waals surface area contributed by atoms with Crippen LogP contribution >= 0.6 is 23.2 Å². The summed E-state index contributed by atoms with van der Waals surface area (Å²) < 4.78 is 0. The van der Waals surface area contributed by atoms with E-state index in [-0.39, 0.29) is 6.03 Å². The third-order valence-electron chi connectivity index (χ3n) is 5.56. The fraction of sp³-hybridized carbons (Fsp3) is 0.435. The quantitative estimate of drug-likeness (QED) is 0.463. The molecule has 0 aliphatic heterocycles. The normalized spacial score (nSPS) is 19.0. The molecule has 0 radical (unpaired) electrons. The Hall–Kier alpha value is -1.75. The van der Waals surface area contributed by atoms with Gasteiger partial charge in [0.05, 0.1) is 10.0 Å². The smallest absolute Gasteiger partial charge is 0.319 e. The van der Waals surface area contributed by atoms with Crippen LogP contribution in [0.3, 0.4) is 0 Å². The summed E-state index contributed by atoms with van der Waals surface area (Å²) in [5, 5.41) is 10.3. The largest absolute Gasteiger partial charge is 0.338 e. The lowest BCUT2D eigenvalue weighted by molar-refractivity contribution is 0.239. The Morgan fingerprint density at radius 1 is 0.897 bits per heavy atom. The molecule has 0 unspecified atom stereocenters. The van der Waals surface area contributed by atoms with Gasteiger partial charge in [-0.25, -0.2) is 4.79 Å². The molecule has 1 saturated carbocycles. The van der Waals surface area contributed by atoms with Crippen LogP contribution in [0.25, 0.3) is 0 Å². The standard InChI is InChI=1S/C23H29Cl2N3O/c24-21-11-10-20(14-22(21)25)28-23(29)27-16-19-8-6-18(7-9-19)15-26-13-12-17-4-2-1-3-5-17/h1-5,10-11,14,18-19,26H,6-9,12-13,15-16H2,(H2,27,28,29). The van der Waals surface area contributed by atoms with E-state index in [2.05, 4.69) is 46.3 Å². The lowest BCUT2D eigenvalue weighted by atomic mass is 9.82. The summed E-state index contributed by atoms with van der Waals surface area (Å²) in [4.78, 5) is 12.1. The van der Waals surface area contributed by atoms with E-state index in [0.717, 1.165) is 38.3 Å². The van der Waals surface area contributed by atoms with Crippen LogP contribution in [0.2, 0.25) is 10.0 Å². The van der Waals surface area contributed by atoms with Crippen LogP contribution in [-0.4, -0.2) is 25.7 Å². The molecule has 0 saturated heterocycles. The van der Waals surface area contributed by atoms with E-state index in [9.17, 15) is 4.79 Å². The van der Waals surface area contributed by atoms with Crippen molar-refractivity contribution in [3.63, 3.8) is 0 Å². The van der Waals surface area contributed by atoms with Crippen molar-refractivity contribution in [1.82, 2.24) is 10.6 Å². The zero-order chi connectivity index (χ0) is 20.5. The van der Waals surface area contributed by atoms with E-state index in [1.54, 1.807) is 18.2 Å². The van der Waals surface area contributed by atoms with Crippen molar-refractivity contribution in [2.45, 2.75) is 32.1 Å². The molecule has 1 aliphatic carbocycles. The zero-order valence-electron chi connectivity index (χ0n) is 16.6. The molecule has 4 nitrogen and oxygen atoms in total. The first-order chi connectivity index (χ1) is 14.1. The third-order valence-corrected chi connectivity index (χ3v) is 6.30. The first-order valence-electron chi connectivity index (χ1n) is 10.3. The molecule has 2 amide bonds. The van der Waals surface area contributed by atoms with Crippen LogP contribution in [0.5, 0.6) is 0 Å². The van der Waals surface area contributed by atoms with E-state index in [0.29, 0.717) is 28.2 Å². The second kappa shape index (κ2) is 11.4. The number of halogens is 2. The topological polar surface area (TPSA) is 53.2 Å². The summed E-state index contributed by atoms with van der Waals surface area (Å²) in [6.07, 6.45) is 5.85. The molecule has 2 aromatic carbocycles. The van der Waals surface area contributed by atoms with Crippen LogP contribution in [0.4, 0.5) is 10.5 Å². The summed E-state index contributed by atoms with van der Waals surface area (Å²) in [5.41, 5.74) is 2.02. The Morgan fingerprint density at radius 3 is 2.28 bits per heavy atom. The molecule has 2 aromatic rings. The molecule has 0 aromatic heterocycles. The Kier molecular flexibility index (Phi) is 8.66. The monoisotopic (exact) mass is 433 g/mol. The highest BCUT2D eigenvalue weighted by Crippen LogP contribution is 2.28. The summed E-state index contributed by atoms with van der Waals surface area (Å²) in [6.45, 7) is 2.83. The van der Waals surface area contributed by atoms with Crippen molar-refractivity contribution < 1.29 is 4.79 Å². The maximum atomic E-state index is 12.1. The molecule has 3 N–H and O–H groups in total. The van der Waals surface area contributed by atoms with Gasteiger partial charge in [-0.1, -0.05) is 53.5 Å². The first-order valence-corrected chi connectivity index (χ1v) is 11.1. The first kappa shape index (κ1) is 21.9. The lowest BCUT2D eigenvalue weighted by Gasteiger charge is -2.28. The highest BCUT2D eigenvalue weighted by atomic mass is 35.5. The zero-order valence-corrected chi connectivity index (χ0v) is 18.1. The highest BCUT2D eigenvalue weighted by Gasteiger charge is 2.21. The fourth-order valence-corrected chi connectivity index (χ4v) is 4.11. The maximum Gasteiger partial charge on any atom is 0.319 e. The predicted octanol–water partition coefficient (Wildman–Crippen LogP) is 5.75. The van der Waals surface area contributed by atoms with Crippen molar-refractivity contribution in [3.8, 4) is 0 Å². The second-order valence-corrected chi connectivity index (χ2v) is 8.60. The molecule has 1 fully saturated rings. The van der Waals surface area contributed by atoms with Gasteiger partial charge in [0.2, 0.25) is 0 Å². The van der Waals surface area contributed by atoms with Gasteiger partial charge >= 0.3 is 6.03 Å². The van der Waals surface area contributed by atoms with Gasteiger partial charge in [0.1, 0.15) is 0 Å². The fourth-order valence-electron chi connectivity index (χ4n) is 3.81. The van der Waals surface area contributed by atoms with E-state index in [1.807, 2.05) is 0 Å². The molecule has 3 rings (SSSR count). The number of urea groups is 1. The summed E-state index contributed by atoms with van der Waals surface area (Å²) >= 11 is 11.9. The van der Waals surface area contributed by atoms with Crippen LogP contribution in [0.1, 0.15) is 31.2 Å². The number of benzene rings is 2. The molecule has 0 atom stereocenters. The summed E-state index contributed by atoms with van der Waals surface area (Å²) in [7, 11) is 0. The van der Waals surface area contributed by atoms with E-state index < -0.39 is 0 Å². The number of hydrogen-bond acceptors (Lipinski definition) is 2. The third kappa shape index (κ3) is 7.54. The van der Waals surface area contributed by atoms with Gasteiger partial charge < -0.3 is 16.0 Å². The van der Waals surface area contributed by atoms with Gasteiger partial charge in [0.15, 0.2) is 0 Å². The number of nitrogens with one attached hydrogen (secondary N) is 3. The molecule has 0 spiro atoms. The van der Waals surface area contributed by atoms with Gasteiger partial charge in [-0.2, -0.15) is 0 Å². The van der Waals surface area contributed by atoms with Crippen LogP contribution in [0.15, 0.2) is 48.5 Å². The molecule has 1 aliphatic rings. The summed E-state index contributed by atoms with van der Waals surface area (Å²) in [6, 6.07) is 15.5. The molecule has 29 heavy (non-hydrogen) atoms.